The molecule has 0 spiro atoms. The van der Waals surface area contributed by atoms with Gasteiger partial charge in [-0.1, -0.05) is 0 Å². The van der Waals surface area contributed by atoms with E-state index in [4.69, 9.17) is 0 Å². The number of hydrogen-bond donors (Lipinski definition) is 0. The second kappa shape index (κ2) is 8.22. The number of piperidine rings is 1. The Morgan fingerprint density at radius 1 is 1.18 bits per heavy atom. The van der Waals surface area contributed by atoms with Crippen molar-refractivity contribution in [2.75, 3.05) is 11.4 Å². The third kappa shape index (κ3) is 4.08. The Morgan fingerprint density at radius 3 is 2.79 bits per heavy atom. The summed E-state index contributed by atoms with van der Waals surface area (Å²) in [4.78, 5) is 31.1. The first kappa shape index (κ1) is 21.5. The summed E-state index contributed by atoms with van der Waals surface area (Å²) in [5, 5.41) is 5.85. The van der Waals surface area contributed by atoms with Crippen molar-refractivity contribution in [1.29, 1.82) is 0 Å². The van der Waals surface area contributed by atoms with Crippen molar-refractivity contribution in [3.05, 3.63) is 57.8 Å². The fraction of sp³-hybridized carbons (Fsp3) is 0.364. The monoisotopic (exact) mass is 469 g/mol. The minimum atomic E-state index is -3.13. The highest BCUT2D eigenvalue weighted by atomic mass is 32.1. The number of hydrogen-bond acceptors (Lipinski definition) is 8. The minimum Gasteiger partial charge on any atom is -0.297 e. The molecule has 5 heterocycles. The van der Waals surface area contributed by atoms with E-state index in [2.05, 4.69) is 25.0 Å². The first-order valence-corrected chi connectivity index (χ1v) is 11.4. The molecule has 1 saturated heterocycles. The van der Waals surface area contributed by atoms with Gasteiger partial charge in [0.15, 0.2) is 5.65 Å². The zero-order valence-electron chi connectivity index (χ0n) is 18.1. The highest BCUT2D eigenvalue weighted by Crippen LogP contribution is 2.39. The van der Waals surface area contributed by atoms with E-state index in [1.807, 2.05) is 13.8 Å². The van der Waals surface area contributed by atoms with Gasteiger partial charge in [0.2, 0.25) is 0 Å². The van der Waals surface area contributed by atoms with E-state index in [0.29, 0.717) is 23.1 Å². The Bertz CT molecular complexity index is 1380. The summed E-state index contributed by atoms with van der Waals surface area (Å²) < 4.78 is 31.8. The van der Waals surface area contributed by atoms with Crippen LogP contribution in [0, 0.1) is 19.8 Å². The number of thiazole rings is 1. The number of alkyl halides is 2. The molecule has 4 aromatic rings. The molecule has 1 aliphatic rings. The molecule has 4 aromatic heterocycles. The van der Waals surface area contributed by atoms with E-state index in [1.165, 1.54) is 28.4 Å². The molecule has 0 radical (unpaired) electrons. The molecule has 0 bridgehead atoms. The van der Waals surface area contributed by atoms with Crippen molar-refractivity contribution < 1.29 is 8.78 Å². The molecule has 1 unspecified atom stereocenters. The van der Waals surface area contributed by atoms with Crippen LogP contribution in [0.25, 0.3) is 21.6 Å². The van der Waals surface area contributed by atoms with E-state index in [1.54, 1.807) is 24.4 Å². The van der Waals surface area contributed by atoms with Crippen LogP contribution < -0.4 is 10.5 Å². The van der Waals surface area contributed by atoms with E-state index in [-0.39, 0.29) is 24.5 Å². The van der Waals surface area contributed by atoms with Crippen LogP contribution in [0.2, 0.25) is 0 Å². The second-order valence-electron chi connectivity index (χ2n) is 8.13. The summed E-state index contributed by atoms with van der Waals surface area (Å²) in [5.74, 6) is -0.239. The number of anilines is 1. The summed E-state index contributed by atoms with van der Waals surface area (Å²) in [6, 6.07) is 3.33. The first-order valence-electron chi connectivity index (χ1n) is 10.6. The summed E-state index contributed by atoms with van der Waals surface area (Å²) >= 11 is 1.49. The molecular formula is C22H21F2N7OS. The van der Waals surface area contributed by atoms with Crippen LogP contribution in [0.15, 0.2) is 41.6 Å². The smallest absolute Gasteiger partial charge is 0.297 e. The quantitative estimate of drug-likeness (QED) is 0.420. The predicted octanol–water partition coefficient (Wildman–Crippen LogP) is 3.83. The molecule has 0 N–H and O–H groups in total. The molecule has 33 heavy (non-hydrogen) atoms. The zero-order chi connectivity index (χ0) is 23.2. The van der Waals surface area contributed by atoms with Gasteiger partial charge in [-0.05, 0) is 44.4 Å². The van der Waals surface area contributed by atoms with Crippen LogP contribution in [0.3, 0.4) is 0 Å². The summed E-state index contributed by atoms with van der Waals surface area (Å²) in [6.07, 6.45) is 2.89. The molecule has 0 aromatic carbocycles. The lowest BCUT2D eigenvalue weighted by Crippen LogP contribution is -2.49. The van der Waals surface area contributed by atoms with Crippen LogP contribution in [-0.2, 0) is 6.54 Å². The zero-order valence-corrected chi connectivity index (χ0v) is 18.9. The Labute approximate surface area is 192 Å². The highest BCUT2D eigenvalue weighted by Gasteiger charge is 2.44. The molecule has 0 amide bonds. The fourth-order valence-corrected chi connectivity index (χ4v) is 5.15. The predicted molar refractivity (Wildman–Crippen MR) is 121 cm³/mol. The molecule has 170 valence electrons. The second-order valence-corrected chi connectivity index (χ2v) is 9.34. The van der Waals surface area contributed by atoms with Gasteiger partial charge in [-0.2, -0.15) is 13.9 Å². The number of nitrogens with zero attached hydrogens (tertiary/aromatic N) is 7. The van der Waals surface area contributed by atoms with Crippen molar-refractivity contribution in [3.8, 4) is 10.6 Å². The Hall–Kier alpha value is -3.34. The molecule has 0 saturated carbocycles. The standard InChI is InChI=1S/C22H21F2N7OS/c1-13-19(33-14(2)28-13)17-5-6-18(32)31(29-17)11-15-7-9-30(22(23,24)10-15)21-16-4-3-8-25-20(16)26-12-27-21/h3-6,8,12,15H,7,9-11H2,1-2H3. The van der Waals surface area contributed by atoms with Gasteiger partial charge in [-0.3, -0.25) is 9.69 Å². The number of aryl methyl sites for hydroxylation is 2. The molecular weight excluding hydrogens is 448 g/mol. The van der Waals surface area contributed by atoms with Gasteiger partial charge in [0.25, 0.3) is 5.56 Å². The van der Waals surface area contributed by atoms with Gasteiger partial charge in [-0.15, -0.1) is 11.3 Å². The molecule has 0 aliphatic carbocycles. The number of rotatable bonds is 4. The molecule has 8 nitrogen and oxygen atoms in total. The van der Waals surface area contributed by atoms with Crippen molar-refractivity contribution in [1.82, 2.24) is 29.7 Å². The summed E-state index contributed by atoms with van der Waals surface area (Å²) in [5.41, 5.74) is 1.53. The molecule has 5 rings (SSSR count). The number of fused-ring (bicyclic) bond motifs is 1. The van der Waals surface area contributed by atoms with Gasteiger partial charge in [-0.25, -0.2) is 24.6 Å². The lowest BCUT2D eigenvalue weighted by molar-refractivity contribution is -0.0463. The normalized spacial score (nSPS) is 18.1. The van der Waals surface area contributed by atoms with Crippen LogP contribution in [0.1, 0.15) is 23.5 Å². The maximum Gasteiger partial charge on any atom is 0.327 e. The number of aromatic nitrogens is 6. The topological polar surface area (TPSA) is 89.7 Å². The maximum atomic E-state index is 15.3. The molecule has 1 atom stereocenters. The lowest BCUT2D eigenvalue weighted by Gasteiger charge is -2.39. The van der Waals surface area contributed by atoms with E-state index < -0.39 is 18.4 Å². The molecule has 1 aliphatic heterocycles. The van der Waals surface area contributed by atoms with E-state index >= 15 is 8.78 Å². The maximum absolute atomic E-state index is 15.3. The number of pyridine rings is 1. The van der Waals surface area contributed by atoms with E-state index in [9.17, 15) is 4.79 Å². The number of halogens is 2. The highest BCUT2D eigenvalue weighted by molar-refractivity contribution is 7.15. The van der Waals surface area contributed by atoms with Crippen LogP contribution in [0.4, 0.5) is 14.6 Å². The van der Waals surface area contributed by atoms with Crippen molar-refractivity contribution in [3.63, 3.8) is 0 Å². The Kier molecular flexibility index (Phi) is 5.35. The SMILES string of the molecule is Cc1nc(C)c(-c2ccc(=O)n(CC3CCN(c4ncnc5ncccc45)C(F)(F)C3)n2)s1. The lowest BCUT2D eigenvalue weighted by atomic mass is 9.94. The third-order valence-electron chi connectivity index (χ3n) is 5.77. The average molecular weight is 470 g/mol. The fourth-order valence-electron chi connectivity index (χ4n) is 4.26. The van der Waals surface area contributed by atoms with Gasteiger partial charge in [0.05, 0.1) is 21.0 Å². The first-order chi connectivity index (χ1) is 15.8. The van der Waals surface area contributed by atoms with Crippen molar-refractivity contribution >= 4 is 28.2 Å². The minimum absolute atomic E-state index is 0.0975. The summed E-state index contributed by atoms with van der Waals surface area (Å²) in [6.45, 7) is 4.02. The van der Waals surface area contributed by atoms with E-state index in [0.717, 1.165) is 20.5 Å². The molecule has 1 fully saturated rings. The summed E-state index contributed by atoms with van der Waals surface area (Å²) in [7, 11) is 0. The Balaban J connectivity index is 1.39. The average Bonchev–Trinajstić information content (AvgIpc) is 3.12. The van der Waals surface area contributed by atoms with Crippen molar-refractivity contribution in [2.45, 2.75) is 39.3 Å². The molecule has 11 heteroatoms. The van der Waals surface area contributed by atoms with Crippen LogP contribution in [0.5, 0.6) is 0 Å². The van der Waals surface area contributed by atoms with Gasteiger partial charge in [0.1, 0.15) is 17.8 Å². The largest absolute Gasteiger partial charge is 0.327 e. The third-order valence-corrected chi connectivity index (χ3v) is 6.86. The van der Waals surface area contributed by atoms with Gasteiger partial charge in [0, 0.05) is 31.8 Å². The van der Waals surface area contributed by atoms with Gasteiger partial charge >= 0.3 is 6.05 Å². The van der Waals surface area contributed by atoms with Crippen LogP contribution >= 0.6 is 11.3 Å². The Morgan fingerprint density at radius 2 is 2.03 bits per heavy atom. The van der Waals surface area contributed by atoms with Gasteiger partial charge < -0.3 is 0 Å². The van der Waals surface area contributed by atoms with Crippen molar-refractivity contribution in [2.24, 2.45) is 5.92 Å². The van der Waals surface area contributed by atoms with Crippen LogP contribution in [-0.4, -0.2) is 42.3 Å².